The van der Waals surface area contributed by atoms with Crippen molar-refractivity contribution in [3.8, 4) is 0 Å². The third-order valence-electron chi connectivity index (χ3n) is 3.67. The first-order chi connectivity index (χ1) is 10.2. The normalized spacial score (nSPS) is 14.1. The second-order valence-corrected chi connectivity index (χ2v) is 6.00. The van der Waals surface area contributed by atoms with E-state index in [-0.39, 0.29) is 12.3 Å². The van der Waals surface area contributed by atoms with Gasteiger partial charge in [0.05, 0.1) is 11.5 Å². The van der Waals surface area contributed by atoms with Crippen LogP contribution in [-0.2, 0) is 13.2 Å². The zero-order valence-corrected chi connectivity index (χ0v) is 12.3. The fourth-order valence-electron chi connectivity index (χ4n) is 2.47. The minimum Gasteiger partial charge on any atom is -0.392 e. The third kappa shape index (κ3) is 3.06. The highest BCUT2D eigenvalue weighted by atomic mass is 32.1. The van der Waals surface area contributed by atoms with Crippen molar-refractivity contribution in [3.63, 3.8) is 0 Å². The maximum atomic E-state index is 10.9. The highest BCUT2D eigenvalue weighted by Gasteiger charge is 2.31. The van der Waals surface area contributed by atoms with E-state index >= 15 is 0 Å². The Morgan fingerprint density at radius 3 is 2.76 bits per heavy atom. The van der Waals surface area contributed by atoms with E-state index < -0.39 is 4.92 Å². The van der Waals surface area contributed by atoms with Gasteiger partial charge in [-0.3, -0.25) is 10.1 Å². The SMILES string of the molecule is O=[N+]([O-])c1ccc(N(Cc2ccsc2)C2CC2)c(CO)c1. The average Bonchev–Trinajstić information content (AvgIpc) is 3.21. The van der Waals surface area contributed by atoms with Gasteiger partial charge in [0.1, 0.15) is 0 Å². The number of benzene rings is 1. The number of hydrogen-bond donors (Lipinski definition) is 1. The van der Waals surface area contributed by atoms with Crippen LogP contribution in [0.15, 0.2) is 35.0 Å². The van der Waals surface area contributed by atoms with Crippen LogP contribution in [0.4, 0.5) is 11.4 Å². The topological polar surface area (TPSA) is 66.6 Å². The van der Waals surface area contributed by atoms with E-state index in [0.717, 1.165) is 25.1 Å². The lowest BCUT2D eigenvalue weighted by molar-refractivity contribution is -0.384. The van der Waals surface area contributed by atoms with Crippen molar-refractivity contribution >= 4 is 22.7 Å². The molecule has 1 aromatic carbocycles. The first kappa shape index (κ1) is 14.0. The lowest BCUT2D eigenvalue weighted by Crippen LogP contribution is -2.26. The van der Waals surface area contributed by atoms with Crippen LogP contribution in [0, 0.1) is 10.1 Å². The Hall–Kier alpha value is -1.92. The molecule has 1 N–H and O–H groups in total. The number of aliphatic hydroxyl groups is 1. The van der Waals surface area contributed by atoms with Gasteiger partial charge in [0.25, 0.3) is 5.69 Å². The molecular formula is C15H16N2O3S. The minimum absolute atomic E-state index is 0.0223. The monoisotopic (exact) mass is 304 g/mol. The van der Waals surface area contributed by atoms with Gasteiger partial charge in [0.2, 0.25) is 0 Å². The first-order valence-corrected chi connectivity index (χ1v) is 7.79. The highest BCUT2D eigenvalue weighted by molar-refractivity contribution is 7.07. The summed E-state index contributed by atoms with van der Waals surface area (Å²) < 4.78 is 0. The van der Waals surface area contributed by atoms with Crippen molar-refractivity contribution in [2.45, 2.75) is 32.0 Å². The number of nitro groups is 1. The van der Waals surface area contributed by atoms with E-state index in [0.29, 0.717) is 11.6 Å². The number of nitrogens with zero attached hydrogens (tertiary/aromatic N) is 2. The molecule has 1 saturated carbocycles. The van der Waals surface area contributed by atoms with E-state index in [9.17, 15) is 15.2 Å². The van der Waals surface area contributed by atoms with Crippen molar-refractivity contribution < 1.29 is 10.0 Å². The highest BCUT2D eigenvalue weighted by Crippen LogP contribution is 2.36. The van der Waals surface area contributed by atoms with Gasteiger partial charge in [-0.05, 0) is 41.3 Å². The summed E-state index contributed by atoms with van der Waals surface area (Å²) in [6.45, 7) is 0.586. The molecule has 2 aromatic rings. The van der Waals surface area contributed by atoms with Crippen molar-refractivity contribution in [1.29, 1.82) is 0 Å². The second-order valence-electron chi connectivity index (χ2n) is 5.22. The van der Waals surface area contributed by atoms with Gasteiger partial charge in [-0.25, -0.2) is 0 Å². The van der Waals surface area contributed by atoms with Crippen molar-refractivity contribution in [3.05, 3.63) is 56.3 Å². The maximum absolute atomic E-state index is 10.9. The molecule has 0 aliphatic heterocycles. The molecule has 0 atom stereocenters. The lowest BCUT2D eigenvalue weighted by Gasteiger charge is -2.26. The van der Waals surface area contributed by atoms with Crippen LogP contribution in [0.25, 0.3) is 0 Å². The number of aliphatic hydroxyl groups excluding tert-OH is 1. The van der Waals surface area contributed by atoms with Gasteiger partial charge >= 0.3 is 0 Å². The molecule has 21 heavy (non-hydrogen) atoms. The van der Waals surface area contributed by atoms with Crippen LogP contribution < -0.4 is 4.90 Å². The molecule has 1 fully saturated rings. The number of non-ortho nitro benzene ring substituents is 1. The molecule has 0 spiro atoms. The Balaban J connectivity index is 1.93. The fourth-order valence-corrected chi connectivity index (χ4v) is 3.13. The number of rotatable bonds is 6. The zero-order chi connectivity index (χ0) is 14.8. The standard InChI is InChI=1S/C15H16N2O3S/c18-9-12-7-14(17(19)20)3-4-15(12)16(13-1-2-13)8-11-5-6-21-10-11/h3-7,10,13,18H,1-2,8-9H2. The molecule has 1 heterocycles. The molecule has 0 radical (unpaired) electrons. The summed E-state index contributed by atoms with van der Waals surface area (Å²) in [5, 5.41) is 24.6. The second kappa shape index (κ2) is 5.83. The van der Waals surface area contributed by atoms with Gasteiger partial charge in [0, 0.05) is 36.0 Å². The van der Waals surface area contributed by atoms with Gasteiger partial charge in [-0.2, -0.15) is 11.3 Å². The molecular weight excluding hydrogens is 288 g/mol. The summed E-state index contributed by atoms with van der Waals surface area (Å²) in [7, 11) is 0. The van der Waals surface area contributed by atoms with Crippen LogP contribution in [0.2, 0.25) is 0 Å². The van der Waals surface area contributed by atoms with Crippen LogP contribution in [0.3, 0.4) is 0 Å². The van der Waals surface area contributed by atoms with E-state index in [1.807, 2.05) is 5.38 Å². The third-order valence-corrected chi connectivity index (χ3v) is 4.41. The van der Waals surface area contributed by atoms with E-state index in [1.54, 1.807) is 17.4 Å². The van der Waals surface area contributed by atoms with Crippen molar-refractivity contribution in [1.82, 2.24) is 0 Å². The van der Waals surface area contributed by atoms with Crippen LogP contribution >= 0.6 is 11.3 Å². The molecule has 1 aliphatic rings. The van der Waals surface area contributed by atoms with Gasteiger partial charge in [-0.1, -0.05) is 0 Å². The van der Waals surface area contributed by atoms with Crippen LogP contribution in [0.1, 0.15) is 24.0 Å². The predicted octanol–water partition coefficient (Wildman–Crippen LogP) is 3.32. The summed E-state index contributed by atoms with van der Waals surface area (Å²) in [5.74, 6) is 0. The summed E-state index contributed by atoms with van der Waals surface area (Å²) in [6, 6.07) is 7.30. The average molecular weight is 304 g/mol. The molecule has 1 aromatic heterocycles. The number of anilines is 1. The first-order valence-electron chi connectivity index (χ1n) is 6.85. The summed E-state index contributed by atoms with van der Waals surface area (Å²) in [5.41, 5.74) is 2.77. The number of thiophene rings is 1. The van der Waals surface area contributed by atoms with Gasteiger partial charge < -0.3 is 10.0 Å². The molecule has 0 saturated heterocycles. The van der Waals surface area contributed by atoms with Crippen molar-refractivity contribution in [2.24, 2.45) is 0 Å². The predicted molar refractivity (Wildman–Crippen MR) is 82.5 cm³/mol. The quantitative estimate of drug-likeness (QED) is 0.656. The Labute approximate surface area is 126 Å². The van der Waals surface area contributed by atoms with E-state index in [1.165, 1.54) is 17.7 Å². The number of nitro benzene ring substituents is 1. The van der Waals surface area contributed by atoms with Crippen LogP contribution in [-0.4, -0.2) is 16.1 Å². The molecule has 1 aliphatic carbocycles. The fraction of sp³-hybridized carbons (Fsp3) is 0.333. The smallest absolute Gasteiger partial charge is 0.269 e. The Bertz CT molecular complexity index is 638. The summed E-state index contributed by atoms with van der Waals surface area (Å²) >= 11 is 1.66. The molecule has 0 unspecified atom stereocenters. The van der Waals surface area contributed by atoms with E-state index in [2.05, 4.69) is 16.3 Å². The molecule has 5 nitrogen and oxygen atoms in total. The minimum atomic E-state index is -0.427. The molecule has 3 rings (SSSR count). The summed E-state index contributed by atoms with van der Waals surface area (Å²) in [4.78, 5) is 12.7. The molecule has 6 heteroatoms. The Kier molecular flexibility index (Phi) is 3.90. The largest absolute Gasteiger partial charge is 0.392 e. The van der Waals surface area contributed by atoms with Crippen LogP contribution in [0.5, 0.6) is 0 Å². The maximum Gasteiger partial charge on any atom is 0.269 e. The Morgan fingerprint density at radius 2 is 2.19 bits per heavy atom. The molecule has 0 amide bonds. The van der Waals surface area contributed by atoms with Crippen molar-refractivity contribution in [2.75, 3.05) is 4.90 Å². The molecule has 0 bridgehead atoms. The molecule has 110 valence electrons. The number of hydrogen-bond acceptors (Lipinski definition) is 5. The summed E-state index contributed by atoms with van der Waals surface area (Å²) in [6.07, 6.45) is 2.26. The van der Waals surface area contributed by atoms with Gasteiger partial charge in [0.15, 0.2) is 0 Å². The van der Waals surface area contributed by atoms with Gasteiger partial charge in [-0.15, -0.1) is 0 Å². The Morgan fingerprint density at radius 1 is 1.38 bits per heavy atom. The lowest BCUT2D eigenvalue weighted by atomic mass is 10.1. The van der Waals surface area contributed by atoms with E-state index in [4.69, 9.17) is 0 Å². The zero-order valence-electron chi connectivity index (χ0n) is 11.4.